The number of amides is 2. The molecule has 14 nitrogen and oxygen atoms in total. The minimum atomic E-state index is -4.54. The zero-order chi connectivity index (χ0) is 40.1. The van der Waals surface area contributed by atoms with E-state index >= 15 is 0 Å². The molecule has 2 amide bonds. The summed E-state index contributed by atoms with van der Waals surface area (Å²) >= 11 is 0. The Balaban J connectivity index is 0.000000174. The summed E-state index contributed by atoms with van der Waals surface area (Å²) in [6.07, 6.45) is 6.89. The van der Waals surface area contributed by atoms with Crippen LogP contribution >= 0.6 is 0 Å². The number of nitriles is 2. The molecule has 4 aromatic heterocycles. The van der Waals surface area contributed by atoms with Crippen molar-refractivity contribution >= 4 is 34.2 Å². The molecule has 2 atom stereocenters. The summed E-state index contributed by atoms with van der Waals surface area (Å²) in [7, 11) is 0. The van der Waals surface area contributed by atoms with E-state index in [2.05, 4.69) is 43.1 Å². The van der Waals surface area contributed by atoms with Crippen LogP contribution in [-0.4, -0.2) is 73.1 Å². The molecule has 2 saturated heterocycles. The third kappa shape index (κ3) is 8.68. The lowest BCUT2D eigenvalue weighted by Crippen LogP contribution is -2.25. The molecular weight excluding hydrogens is 740 g/mol. The van der Waals surface area contributed by atoms with Crippen LogP contribution in [0.5, 0.6) is 0 Å². The third-order valence-corrected chi connectivity index (χ3v) is 9.88. The number of anilines is 2. The van der Waals surface area contributed by atoms with Gasteiger partial charge >= 0.3 is 6.18 Å². The highest BCUT2D eigenvalue weighted by Gasteiger charge is 2.36. The maximum absolute atomic E-state index is 13.1. The van der Waals surface area contributed by atoms with Gasteiger partial charge in [0, 0.05) is 55.1 Å². The number of pyridine rings is 2. The van der Waals surface area contributed by atoms with Crippen LogP contribution in [0.3, 0.4) is 0 Å². The lowest BCUT2D eigenvalue weighted by Gasteiger charge is -2.11. The largest absolute Gasteiger partial charge is 0.433 e. The number of H-pyrrole nitrogens is 1. The van der Waals surface area contributed by atoms with Crippen molar-refractivity contribution in [2.24, 2.45) is 11.8 Å². The van der Waals surface area contributed by atoms with E-state index in [1.807, 2.05) is 48.5 Å². The van der Waals surface area contributed by atoms with E-state index in [9.17, 15) is 22.8 Å². The number of carbonyl (C=O) groups is 2. The van der Waals surface area contributed by atoms with E-state index in [0.29, 0.717) is 61.6 Å². The maximum atomic E-state index is 13.1. The Hall–Kier alpha value is -7.27. The first-order chi connectivity index (χ1) is 27.5. The van der Waals surface area contributed by atoms with Gasteiger partial charge in [0.25, 0.3) is 0 Å². The Morgan fingerprint density at radius 2 is 1.44 bits per heavy atom. The summed E-state index contributed by atoms with van der Waals surface area (Å²) in [5, 5.41) is 34.2. The molecule has 2 aliphatic rings. The van der Waals surface area contributed by atoms with Gasteiger partial charge in [-0.3, -0.25) is 14.7 Å². The first kappa shape index (κ1) is 38.0. The number of hydrogen-bond acceptors (Lipinski definition) is 11. The van der Waals surface area contributed by atoms with Crippen LogP contribution in [0.2, 0.25) is 0 Å². The van der Waals surface area contributed by atoms with Gasteiger partial charge < -0.3 is 25.0 Å². The van der Waals surface area contributed by atoms with Crippen molar-refractivity contribution in [2.75, 3.05) is 36.8 Å². The Kier molecular flexibility index (Phi) is 10.8. The fraction of sp³-hybridized carbons (Fsp3) is 0.250. The van der Waals surface area contributed by atoms with Gasteiger partial charge in [0.1, 0.15) is 23.1 Å². The number of alkyl halides is 3. The van der Waals surface area contributed by atoms with E-state index in [0.717, 1.165) is 39.6 Å². The summed E-state index contributed by atoms with van der Waals surface area (Å²) in [5.74, 6) is 0.741. The highest BCUT2D eigenvalue weighted by atomic mass is 19.4. The van der Waals surface area contributed by atoms with Crippen LogP contribution in [0.1, 0.15) is 24.3 Å². The minimum Gasteiger partial charge on any atom is -0.361 e. The van der Waals surface area contributed by atoms with Crippen LogP contribution in [0.15, 0.2) is 90.0 Å². The zero-order valence-electron chi connectivity index (χ0n) is 30.4. The molecule has 2 aliphatic heterocycles. The first-order valence-corrected chi connectivity index (χ1v) is 17.9. The van der Waals surface area contributed by atoms with Gasteiger partial charge in [-0.25, -0.2) is 9.97 Å². The predicted octanol–water partition coefficient (Wildman–Crippen LogP) is 6.84. The number of rotatable bonds is 7. The van der Waals surface area contributed by atoms with Gasteiger partial charge in [0.05, 0.1) is 24.2 Å². The molecular formula is C40H34F3N11O3. The Labute approximate surface area is 323 Å². The second-order valence-electron chi connectivity index (χ2n) is 13.6. The average Bonchev–Trinajstić information content (AvgIpc) is 4.05. The highest BCUT2D eigenvalue weighted by Crippen LogP contribution is 2.36. The van der Waals surface area contributed by atoms with E-state index in [-0.39, 0.29) is 29.2 Å². The molecule has 17 heteroatoms. The molecule has 2 aromatic carbocycles. The number of fused-ring (bicyclic) bond motifs is 1. The van der Waals surface area contributed by atoms with Gasteiger partial charge in [-0.05, 0) is 77.7 Å². The molecule has 8 rings (SSSR count). The maximum Gasteiger partial charge on any atom is 0.433 e. The number of aromatic amines is 1. The lowest BCUT2D eigenvalue weighted by molar-refractivity contribution is -0.140. The topological polar surface area (TPSA) is 193 Å². The Morgan fingerprint density at radius 3 is 2.07 bits per heavy atom. The van der Waals surface area contributed by atoms with E-state index in [4.69, 9.17) is 15.0 Å². The summed E-state index contributed by atoms with van der Waals surface area (Å²) in [6, 6.07) is 18.3. The number of hydrogen-bond donors (Lipinski definition) is 3. The van der Waals surface area contributed by atoms with Gasteiger partial charge in [-0.15, -0.1) is 0 Å². The van der Waals surface area contributed by atoms with E-state index in [1.54, 1.807) is 47.8 Å². The first-order valence-electron chi connectivity index (χ1n) is 17.9. The fourth-order valence-corrected chi connectivity index (χ4v) is 6.81. The van der Waals surface area contributed by atoms with Gasteiger partial charge in [0.15, 0.2) is 12.4 Å². The molecule has 6 aromatic rings. The lowest BCUT2D eigenvalue weighted by atomic mass is 10.0. The standard InChI is InChI=1S/C21H19N5O2.C19H15F3N6O/c1-14-19(11-24-28-14)17-4-2-3-15(9-17)16-5-7-23-20(10-16)25-21(27)18-6-8-26(12-18)13-22;20-19(21,22)17-15(8-25-27-17)11-1-2-12-7-24-16(6-14(12)5-11)26-18(29)13-3-4-28(9-13)10-23/h2-5,7,9-11,18H,6,8,12H2,1H3,(H,23,25,27);1-2,5-8,13H,3-4,9H2,(H,25,27)(H,24,26,29)/t18-;13-/m00/s1. The molecule has 0 spiro atoms. The van der Waals surface area contributed by atoms with Crippen LogP contribution in [0.25, 0.3) is 44.2 Å². The Morgan fingerprint density at radius 1 is 0.789 bits per heavy atom. The number of nitrogens with zero attached hydrogens (tertiary/aromatic N) is 8. The molecule has 0 unspecified atom stereocenters. The summed E-state index contributed by atoms with van der Waals surface area (Å²) in [4.78, 5) is 36.5. The highest BCUT2D eigenvalue weighted by molar-refractivity contribution is 5.95. The molecule has 0 saturated carbocycles. The quantitative estimate of drug-likeness (QED) is 0.144. The van der Waals surface area contributed by atoms with Crippen molar-refractivity contribution in [1.29, 1.82) is 10.5 Å². The van der Waals surface area contributed by atoms with Crippen molar-refractivity contribution in [3.63, 3.8) is 0 Å². The molecule has 0 radical (unpaired) electrons. The van der Waals surface area contributed by atoms with E-state index in [1.165, 1.54) is 4.90 Å². The smallest absolute Gasteiger partial charge is 0.361 e. The summed E-state index contributed by atoms with van der Waals surface area (Å²) < 4.78 is 44.6. The summed E-state index contributed by atoms with van der Waals surface area (Å²) in [5.41, 5.74) is 3.31. The molecule has 3 N–H and O–H groups in total. The number of likely N-dealkylation sites (tertiary alicyclic amines) is 2. The summed E-state index contributed by atoms with van der Waals surface area (Å²) in [6.45, 7) is 3.86. The Bertz CT molecular complexity index is 2520. The van der Waals surface area contributed by atoms with Crippen LogP contribution < -0.4 is 10.6 Å². The van der Waals surface area contributed by atoms with Crippen molar-refractivity contribution < 1.29 is 27.3 Å². The average molecular weight is 774 g/mol. The molecule has 0 aliphatic carbocycles. The number of aryl methyl sites for hydroxylation is 1. The number of benzene rings is 2. The van der Waals surface area contributed by atoms with Crippen molar-refractivity contribution in [1.82, 2.24) is 35.1 Å². The van der Waals surface area contributed by atoms with Gasteiger partial charge in [0.2, 0.25) is 11.8 Å². The van der Waals surface area contributed by atoms with E-state index < -0.39 is 11.9 Å². The normalized spacial score (nSPS) is 16.4. The molecule has 288 valence electrons. The SMILES string of the molecule is Cc1oncc1-c1cccc(-c2ccnc(NC(=O)[C@H]3CCN(C#N)C3)c2)c1.N#CN1CC[C@H](C(=O)Nc2cc3cc(-c4cn[nH]c4C(F)(F)F)ccc3cn2)C1. The minimum absolute atomic E-state index is 0.0515. The molecule has 0 bridgehead atoms. The van der Waals surface area contributed by atoms with Crippen molar-refractivity contribution in [3.8, 4) is 45.8 Å². The molecule has 2 fully saturated rings. The number of carbonyl (C=O) groups excluding carboxylic acids is 2. The van der Waals surface area contributed by atoms with Crippen molar-refractivity contribution in [3.05, 3.63) is 96.9 Å². The second kappa shape index (κ2) is 16.2. The van der Waals surface area contributed by atoms with Gasteiger partial charge in [-0.1, -0.05) is 35.5 Å². The van der Waals surface area contributed by atoms with Crippen LogP contribution in [0.4, 0.5) is 24.8 Å². The number of aromatic nitrogens is 5. The third-order valence-electron chi connectivity index (χ3n) is 9.88. The predicted molar refractivity (Wildman–Crippen MR) is 202 cm³/mol. The molecule has 6 heterocycles. The number of nitrogens with one attached hydrogen (secondary N) is 3. The van der Waals surface area contributed by atoms with Gasteiger partial charge in [-0.2, -0.15) is 28.8 Å². The van der Waals surface area contributed by atoms with Crippen molar-refractivity contribution in [2.45, 2.75) is 25.9 Å². The zero-order valence-corrected chi connectivity index (χ0v) is 30.4. The number of halogens is 3. The van der Waals surface area contributed by atoms with Crippen LogP contribution in [-0.2, 0) is 15.8 Å². The second-order valence-corrected chi connectivity index (χ2v) is 13.6. The molecule has 57 heavy (non-hydrogen) atoms. The monoisotopic (exact) mass is 773 g/mol. The fourth-order valence-electron chi connectivity index (χ4n) is 6.81. The van der Waals surface area contributed by atoms with Crippen LogP contribution in [0, 0.1) is 41.7 Å².